The Morgan fingerprint density at radius 1 is 1.46 bits per heavy atom. The van der Waals surface area contributed by atoms with Crippen molar-refractivity contribution in [3.63, 3.8) is 0 Å². The van der Waals surface area contributed by atoms with E-state index >= 15 is 0 Å². The van der Waals surface area contributed by atoms with Gasteiger partial charge in [0.15, 0.2) is 0 Å². The lowest BCUT2D eigenvalue weighted by Gasteiger charge is -2.32. The molecule has 0 amide bonds. The van der Waals surface area contributed by atoms with Crippen molar-refractivity contribution in [3.05, 3.63) is 12.7 Å². The van der Waals surface area contributed by atoms with Gasteiger partial charge in [0.1, 0.15) is 0 Å². The van der Waals surface area contributed by atoms with E-state index in [1.54, 1.807) is 0 Å². The first-order chi connectivity index (χ1) is 6.13. The summed E-state index contributed by atoms with van der Waals surface area (Å²) >= 11 is 0. The molecule has 0 bridgehead atoms. The van der Waals surface area contributed by atoms with Crippen LogP contribution in [0, 0.1) is 5.92 Å². The third-order valence-electron chi connectivity index (χ3n) is 2.58. The maximum Gasteiger partial charge on any atom is 0.0837 e. The fraction of sp³-hybridized carbons (Fsp3) is 0.818. The predicted molar refractivity (Wildman–Crippen MR) is 53.6 cm³/mol. The minimum Gasteiger partial charge on any atom is -0.390 e. The van der Waals surface area contributed by atoms with Crippen molar-refractivity contribution in [1.29, 1.82) is 0 Å². The standard InChI is InChI=1S/C11H20O2/c1-4-9-5-6-11(10(12)7-9)13-8(2)3/h4,8-12H,1,5-7H2,2-3H3. The van der Waals surface area contributed by atoms with Crippen LogP contribution >= 0.6 is 0 Å². The quantitative estimate of drug-likeness (QED) is 0.681. The smallest absolute Gasteiger partial charge is 0.0837 e. The van der Waals surface area contributed by atoms with E-state index in [0.717, 1.165) is 19.3 Å². The van der Waals surface area contributed by atoms with Gasteiger partial charge in [0.2, 0.25) is 0 Å². The second-order valence-corrected chi connectivity index (χ2v) is 4.10. The van der Waals surface area contributed by atoms with Crippen LogP contribution in [0.15, 0.2) is 12.7 Å². The highest BCUT2D eigenvalue weighted by atomic mass is 16.5. The number of aliphatic hydroxyl groups excluding tert-OH is 1. The molecule has 13 heavy (non-hydrogen) atoms. The zero-order valence-corrected chi connectivity index (χ0v) is 8.57. The molecule has 0 heterocycles. The SMILES string of the molecule is C=CC1CCC(OC(C)C)C(O)C1. The van der Waals surface area contributed by atoms with Gasteiger partial charge in [-0.15, -0.1) is 6.58 Å². The molecule has 3 unspecified atom stereocenters. The second-order valence-electron chi connectivity index (χ2n) is 4.10. The van der Waals surface area contributed by atoms with E-state index in [1.165, 1.54) is 0 Å². The molecule has 1 saturated carbocycles. The van der Waals surface area contributed by atoms with Crippen molar-refractivity contribution in [2.45, 2.75) is 51.4 Å². The van der Waals surface area contributed by atoms with Gasteiger partial charge in [0.05, 0.1) is 18.3 Å². The van der Waals surface area contributed by atoms with Gasteiger partial charge < -0.3 is 9.84 Å². The van der Waals surface area contributed by atoms with Crippen LogP contribution in [-0.2, 0) is 4.74 Å². The van der Waals surface area contributed by atoms with Gasteiger partial charge in [-0.05, 0) is 39.0 Å². The van der Waals surface area contributed by atoms with Crippen LogP contribution in [0.5, 0.6) is 0 Å². The van der Waals surface area contributed by atoms with Crippen molar-refractivity contribution >= 4 is 0 Å². The zero-order chi connectivity index (χ0) is 9.84. The lowest BCUT2D eigenvalue weighted by molar-refractivity contribution is -0.0890. The van der Waals surface area contributed by atoms with Crippen LogP contribution in [0.4, 0.5) is 0 Å². The Labute approximate surface area is 80.6 Å². The van der Waals surface area contributed by atoms with E-state index in [9.17, 15) is 5.11 Å². The van der Waals surface area contributed by atoms with Crippen molar-refractivity contribution < 1.29 is 9.84 Å². The number of aliphatic hydroxyl groups is 1. The summed E-state index contributed by atoms with van der Waals surface area (Å²) in [5.74, 6) is 0.474. The topological polar surface area (TPSA) is 29.5 Å². The fourth-order valence-electron chi connectivity index (χ4n) is 1.87. The summed E-state index contributed by atoms with van der Waals surface area (Å²) in [7, 11) is 0. The molecule has 1 rings (SSSR count). The summed E-state index contributed by atoms with van der Waals surface area (Å²) in [5, 5.41) is 9.75. The van der Waals surface area contributed by atoms with Gasteiger partial charge in [-0.2, -0.15) is 0 Å². The Balaban J connectivity index is 2.39. The Hall–Kier alpha value is -0.340. The Bertz CT molecular complexity index is 165. The average Bonchev–Trinajstić information content (AvgIpc) is 2.08. The van der Waals surface area contributed by atoms with Crippen LogP contribution in [-0.4, -0.2) is 23.4 Å². The monoisotopic (exact) mass is 184 g/mol. The predicted octanol–water partition coefficient (Wildman–Crippen LogP) is 2.13. The summed E-state index contributed by atoms with van der Waals surface area (Å²) in [6, 6.07) is 0. The molecule has 2 heteroatoms. The molecule has 1 aliphatic rings. The van der Waals surface area contributed by atoms with Crippen molar-refractivity contribution in [2.24, 2.45) is 5.92 Å². The van der Waals surface area contributed by atoms with Gasteiger partial charge >= 0.3 is 0 Å². The Kier molecular flexibility index (Phi) is 3.94. The summed E-state index contributed by atoms with van der Waals surface area (Å²) < 4.78 is 5.61. The van der Waals surface area contributed by atoms with Crippen LogP contribution in [0.2, 0.25) is 0 Å². The van der Waals surface area contributed by atoms with Crippen LogP contribution in [0.3, 0.4) is 0 Å². The van der Waals surface area contributed by atoms with Gasteiger partial charge in [-0.25, -0.2) is 0 Å². The van der Waals surface area contributed by atoms with Crippen molar-refractivity contribution in [1.82, 2.24) is 0 Å². The molecule has 1 N–H and O–H groups in total. The van der Waals surface area contributed by atoms with Gasteiger partial charge in [-0.3, -0.25) is 0 Å². The molecule has 0 spiro atoms. The lowest BCUT2D eigenvalue weighted by atomic mass is 9.85. The number of hydrogen-bond acceptors (Lipinski definition) is 2. The normalized spacial score (nSPS) is 34.9. The highest BCUT2D eigenvalue weighted by molar-refractivity contribution is 4.89. The second kappa shape index (κ2) is 4.77. The minimum atomic E-state index is -0.306. The zero-order valence-electron chi connectivity index (χ0n) is 8.57. The van der Waals surface area contributed by atoms with E-state index in [4.69, 9.17) is 4.74 Å². The number of allylic oxidation sites excluding steroid dienone is 1. The summed E-state index contributed by atoms with van der Waals surface area (Å²) in [6.07, 6.45) is 4.74. The molecule has 1 fully saturated rings. The van der Waals surface area contributed by atoms with Crippen LogP contribution in [0.25, 0.3) is 0 Å². The molecular formula is C11H20O2. The average molecular weight is 184 g/mol. The molecule has 76 valence electrons. The van der Waals surface area contributed by atoms with Gasteiger partial charge in [0.25, 0.3) is 0 Å². The largest absolute Gasteiger partial charge is 0.390 e. The molecular weight excluding hydrogens is 164 g/mol. The first-order valence-electron chi connectivity index (χ1n) is 5.09. The summed E-state index contributed by atoms with van der Waals surface area (Å²) in [4.78, 5) is 0. The number of ether oxygens (including phenoxy) is 1. The first-order valence-corrected chi connectivity index (χ1v) is 5.09. The van der Waals surface area contributed by atoms with Gasteiger partial charge in [0, 0.05) is 0 Å². The molecule has 0 aromatic carbocycles. The van der Waals surface area contributed by atoms with Crippen molar-refractivity contribution in [2.75, 3.05) is 0 Å². The Morgan fingerprint density at radius 2 is 2.15 bits per heavy atom. The molecule has 1 aliphatic carbocycles. The molecule has 0 aromatic heterocycles. The number of rotatable bonds is 3. The fourth-order valence-corrected chi connectivity index (χ4v) is 1.87. The maximum absolute atomic E-state index is 9.75. The maximum atomic E-state index is 9.75. The van der Waals surface area contributed by atoms with E-state index in [-0.39, 0.29) is 18.3 Å². The molecule has 0 aromatic rings. The third kappa shape index (κ3) is 3.12. The highest BCUT2D eigenvalue weighted by Gasteiger charge is 2.28. The summed E-state index contributed by atoms with van der Waals surface area (Å²) in [6.45, 7) is 7.77. The third-order valence-corrected chi connectivity index (χ3v) is 2.58. The molecule has 0 aliphatic heterocycles. The lowest BCUT2D eigenvalue weighted by Crippen LogP contribution is -2.36. The van der Waals surface area contributed by atoms with E-state index in [2.05, 4.69) is 6.58 Å². The van der Waals surface area contributed by atoms with Crippen LogP contribution in [0.1, 0.15) is 33.1 Å². The molecule has 3 atom stereocenters. The van der Waals surface area contributed by atoms with E-state index in [1.807, 2.05) is 19.9 Å². The summed E-state index contributed by atoms with van der Waals surface area (Å²) in [5.41, 5.74) is 0. The van der Waals surface area contributed by atoms with Crippen molar-refractivity contribution in [3.8, 4) is 0 Å². The Morgan fingerprint density at radius 3 is 2.62 bits per heavy atom. The molecule has 0 radical (unpaired) electrons. The van der Waals surface area contributed by atoms with E-state index < -0.39 is 0 Å². The minimum absolute atomic E-state index is 0.0381. The molecule has 2 nitrogen and oxygen atoms in total. The van der Waals surface area contributed by atoms with E-state index in [0.29, 0.717) is 5.92 Å². The molecule has 0 saturated heterocycles. The van der Waals surface area contributed by atoms with Crippen LogP contribution < -0.4 is 0 Å². The van der Waals surface area contributed by atoms with Gasteiger partial charge in [-0.1, -0.05) is 6.08 Å². The number of hydrogen-bond donors (Lipinski definition) is 1. The highest BCUT2D eigenvalue weighted by Crippen LogP contribution is 2.27. The first kappa shape index (κ1) is 10.7.